The number of fused-ring (bicyclic) bond motifs is 4. The van der Waals surface area contributed by atoms with Crippen LogP contribution in [0.15, 0.2) is 71.6 Å². The number of alkyl halides is 5. The maximum absolute atomic E-state index is 15.3. The molecule has 47 heavy (non-hydrogen) atoms. The zero-order valence-electron chi connectivity index (χ0n) is 26.7. The van der Waals surface area contributed by atoms with Crippen LogP contribution in [-0.4, -0.2) is 69.6 Å². The zero-order valence-corrected chi connectivity index (χ0v) is 26.7. The molecular weight excluding hydrogens is 613 g/mol. The molecule has 1 saturated heterocycles. The van der Waals surface area contributed by atoms with Gasteiger partial charge in [0, 0.05) is 69.4 Å². The molecule has 2 aromatic rings. The minimum absolute atomic E-state index is 0.00532. The third-order valence-corrected chi connectivity index (χ3v) is 12.1. The molecule has 7 rings (SSSR count). The molecular formula is C37H42F5N3O2. The number of carbonyl (C=O) groups excluding carboxylic acids is 1. The van der Waals surface area contributed by atoms with Gasteiger partial charge in [-0.05, 0) is 90.3 Å². The average Bonchev–Trinajstić information content (AvgIpc) is 3.33. The van der Waals surface area contributed by atoms with Crippen LogP contribution in [0.5, 0.6) is 0 Å². The van der Waals surface area contributed by atoms with Gasteiger partial charge in [-0.2, -0.15) is 22.0 Å². The van der Waals surface area contributed by atoms with E-state index < -0.39 is 41.4 Å². The number of hydrogen-bond acceptors (Lipinski definition) is 5. The highest BCUT2D eigenvalue weighted by atomic mass is 19.4. The van der Waals surface area contributed by atoms with Crippen molar-refractivity contribution in [3.8, 4) is 0 Å². The molecule has 4 aliphatic carbocycles. The lowest BCUT2D eigenvalue weighted by molar-refractivity contribution is -0.362. The van der Waals surface area contributed by atoms with Crippen LogP contribution in [0.1, 0.15) is 74.5 Å². The SMILES string of the molecule is CC12CC(c3ccc(CN4CCN(Cc5cccnc5)CC4)cc3)C3=C4CCC(=O)C=C4CCC3C1CCC2(O)C(F)(F)C(F)(F)F. The number of aromatic nitrogens is 1. The van der Waals surface area contributed by atoms with Crippen molar-refractivity contribution in [3.05, 3.63) is 88.3 Å². The standard InChI is InChI=1S/C37H42F5N3O2/c1-34-20-31(26-6-4-24(5-7-26)22-44-15-17-45(18-16-44)23-25-3-2-14-43-21-25)33-29-11-9-28(46)19-27(29)8-10-30(33)32(34)12-13-35(34,47)36(38,39)37(40,41)42/h2-7,14,19,21,30-32,47H,8-13,15-18,20,22-23H2,1H3. The van der Waals surface area contributed by atoms with Gasteiger partial charge in [-0.1, -0.05) is 42.8 Å². The number of benzene rings is 1. The second-order valence-electron chi connectivity index (χ2n) is 14.6. The van der Waals surface area contributed by atoms with E-state index in [1.54, 1.807) is 12.3 Å². The Morgan fingerprint density at radius 2 is 1.60 bits per heavy atom. The number of hydrogen-bond donors (Lipinski definition) is 1. The first-order valence-corrected chi connectivity index (χ1v) is 16.9. The van der Waals surface area contributed by atoms with Gasteiger partial charge in [-0.3, -0.25) is 19.6 Å². The van der Waals surface area contributed by atoms with E-state index in [9.17, 15) is 23.1 Å². The lowest BCUT2D eigenvalue weighted by Gasteiger charge is -2.56. The second-order valence-corrected chi connectivity index (χ2v) is 14.6. The Hall–Kier alpha value is -2.95. The molecule has 1 N–H and O–H groups in total. The molecule has 0 bridgehead atoms. The summed E-state index contributed by atoms with van der Waals surface area (Å²) in [6.07, 6.45) is 1.13. The largest absolute Gasteiger partial charge is 0.456 e. The molecule has 5 aliphatic rings. The Morgan fingerprint density at radius 3 is 2.23 bits per heavy atom. The molecule has 3 fully saturated rings. The van der Waals surface area contributed by atoms with E-state index in [0.717, 1.165) is 67.1 Å². The molecule has 2 saturated carbocycles. The second kappa shape index (κ2) is 11.9. The Balaban J connectivity index is 1.15. The zero-order chi connectivity index (χ0) is 33.2. The number of aliphatic hydroxyl groups is 1. The quantitative estimate of drug-likeness (QED) is 0.333. The van der Waals surface area contributed by atoms with Crippen LogP contribution in [0.25, 0.3) is 0 Å². The summed E-state index contributed by atoms with van der Waals surface area (Å²) in [4.78, 5) is 21.3. The van der Waals surface area contributed by atoms with E-state index in [1.165, 1.54) is 12.5 Å². The molecule has 5 nitrogen and oxygen atoms in total. The van der Waals surface area contributed by atoms with Crippen LogP contribution in [-0.2, 0) is 17.9 Å². The molecule has 0 spiro atoms. The highest BCUT2D eigenvalue weighted by molar-refractivity contribution is 5.93. The third kappa shape index (κ3) is 5.48. The molecule has 1 aromatic carbocycles. The predicted octanol–water partition coefficient (Wildman–Crippen LogP) is 7.23. The van der Waals surface area contributed by atoms with Gasteiger partial charge in [0.15, 0.2) is 5.78 Å². The van der Waals surface area contributed by atoms with E-state index in [0.29, 0.717) is 25.7 Å². The molecule has 252 valence electrons. The van der Waals surface area contributed by atoms with E-state index in [-0.39, 0.29) is 24.5 Å². The van der Waals surface area contributed by atoms with Gasteiger partial charge in [-0.15, -0.1) is 0 Å². The van der Waals surface area contributed by atoms with Crippen molar-refractivity contribution in [2.45, 2.75) is 88.6 Å². The smallest absolute Gasteiger partial charge is 0.383 e. The van der Waals surface area contributed by atoms with E-state index in [1.807, 2.05) is 36.5 Å². The normalized spacial score (nSPS) is 32.1. The lowest BCUT2D eigenvalue weighted by atomic mass is 9.50. The minimum atomic E-state index is -5.86. The van der Waals surface area contributed by atoms with Crippen molar-refractivity contribution in [1.82, 2.24) is 14.8 Å². The van der Waals surface area contributed by atoms with E-state index in [2.05, 4.69) is 20.9 Å². The summed E-state index contributed by atoms with van der Waals surface area (Å²) in [5, 5.41) is 11.5. The molecule has 0 amide bonds. The summed E-state index contributed by atoms with van der Waals surface area (Å²) in [7, 11) is 0. The number of piperazine rings is 1. The molecule has 5 atom stereocenters. The van der Waals surface area contributed by atoms with Gasteiger partial charge in [-0.25, -0.2) is 0 Å². The van der Waals surface area contributed by atoms with Crippen molar-refractivity contribution < 1.29 is 31.9 Å². The molecule has 2 heterocycles. The fourth-order valence-corrected chi connectivity index (χ4v) is 9.68. The number of carbonyl (C=O) groups is 1. The number of pyridine rings is 1. The van der Waals surface area contributed by atoms with Gasteiger partial charge >= 0.3 is 12.1 Å². The first-order valence-electron chi connectivity index (χ1n) is 16.9. The highest BCUT2D eigenvalue weighted by Crippen LogP contribution is 2.70. The van der Waals surface area contributed by atoms with Gasteiger partial charge in [0.1, 0.15) is 5.60 Å². The molecule has 10 heteroatoms. The Labute approximate surface area is 272 Å². The number of rotatable bonds is 6. The third-order valence-electron chi connectivity index (χ3n) is 12.1. The first-order chi connectivity index (χ1) is 22.3. The van der Waals surface area contributed by atoms with Gasteiger partial charge < -0.3 is 5.11 Å². The Bertz CT molecular complexity index is 1560. The van der Waals surface area contributed by atoms with Crippen molar-refractivity contribution >= 4 is 5.78 Å². The fraction of sp³-hybridized carbons (Fsp3) is 0.568. The summed E-state index contributed by atoms with van der Waals surface area (Å²) >= 11 is 0. The van der Waals surface area contributed by atoms with Gasteiger partial charge in [0.2, 0.25) is 0 Å². The summed E-state index contributed by atoms with van der Waals surface area (Å²) in [5.74, 6) is -6.31. The number of nitrogens with zero attached hydrogens (tertiary/aromatic N) is 3. The molecule has 1 aromatic heterocycles. The van der Waals surface area contributed by atoms with Crippen LogP contribution in [0.4, 0.5) is 22.0 Å². The van der Waals surface area contributed by atoms with Crippen LogP contribution in [0.3, 0.4) is 0 Å². The summed E-state index contributed by atoms with van der Waals surface area (Å²) in [6, 6.07) is 12.1. The molecule has 5 unspecified atom stereocenters. The molecule has 0 radical (unpaired) electrons. The van der Waals surface area contributed by atoms with Crippen molar-refractivity contribution in [2.24, 2.45) is 17.3 Å². The summed E-state index contributed by atoms with van der Waals surface area (Å²) < 4.78 is 72.1. The van der Waals surface area contributed by atoms with Crippen LogP contribution in [0, 0.1) is 17.3 Å². The van der Waals surface area contributed by atoms with E-state index >= 15 is 8.78 Å². The number of allylic oxidation sites excluding steroid dienone is 4. The minimum Gasteiger partial charge on any atom is -0.383 e. The van der Waals surface area contributed by atoms with Gasteiger partial charge in [0.25, 0.3) is 0 Å². The maximum Gasteiger partial charge on any atom is 0.456 e. The van der Waals surface area contributed by atoms with Crippen LogP contribution in [0.2, 0.25) is 0 Å². The van der Waals surface area contributed by atoms with E-state index in [4.69, 9.17) is 0 Å². The molecule has 1 aliphatic heterocycles. The summed E-state index contributed by atoms with van der Waals surface area (Å²) in [6.45, 7) is 6.81. The lowest BCUT2D eigenvalue weighted by Crippen LogP contribution is -2.65. The summed E-state index contributed by atoms with van der Waals surface area (Å²) in [5.41, 5.74) is 1.47. The topological polar surface area (TPSA) is 56.7 Å². The first kappa shape index (κ1) is 32.6. The maximum atomic E-state index is 15.3. The van der Waals surface area contributed by atoms with Gasteiger partial charge in [0.05, 0.1) is 0 Å². The van der Waals surface area contributed by atoms with Crippen LogP contribution >= 0.6 is 0 Å². The van der Waals surface area contributed by atoms with Crippen molar-refractivity contribution in [2.75, 3.05) is 26.2 Å². The van der Waals surface area contributed by atoms with Crippen LogP contribution < -0.4 is 0 Å². The monoisotopic (exact) mass is 655 g/mol. The predicted molar refractivity (Wildman–Crippen MR) is 167 cm³/mol. The Kier molecular flexibility index (Phi) is 8.24. The number of ketones is 1. The number of halogens is 5. The highest BCUT2D eigenvalue weighted by Gasteiger charge is 2.79. The average molecular weight is 656 g/mol. The van der Waals surface area contributed by atoms with Crippen molar-refractivity contribution in [1.29, 1.82) is 0 Å². The Morgan fingerprint density at radius 1 is 0.915 bits per heavy atom. The fourth-order valence-electron chi connectivity index (χ4n) is 9.68. The van der Waals surface area contributed by atoms with Crippen molar-refractivity contribution in [3.63, 3.8) is 0 Å².